The van der Waals surface area contributed by atoms with Crippen LogP contribution in [0.3, 0.4) is 0 Å². The Morgan fingerprint density at radius 1 is 1.29 bits per heavy atom. The van der Waals surface area contributed by atoms with Gasteiger partial charge in [0.1, 0.15) is 0 Å². The normalized spacial score (nSPS) is 15.1. The zero-order valence-corrected chi connectivity index (χ0v) is 9.82. The molecule has 88 valence electrons. The summed E-state index contributed by atoms with van der Waals surface area (Å²) < 4.78 is 0. The van der Waals surface area contributed by atoms with Crippen molar-refractivity contribution in [2.75, 3.05) is 17.6 Å². The number of pyridine rings is 1. The van der Waals surface area contributed by atoms with E-state index in [1.165, 1.54) is 19.3 Å². The molecule has 1 fully saturated rings. The molecule has 0 amide bonds. The molecule has 1 aromatic heterocycles. The van der Waals surface area contributed by atoms with E-state index >= 15 is 0 Å². The molecule has 0 radical (unpaired) electrons. The fourth-order valence-corrected chi connectivity index (χ4v) is 2.16. The van der Waals surface area contributed by atoms with Crippen molar-refractivity contribution in [3.05, 3.63) is 30.5 Å². The van der Waals surface area contributed by atoms with Gasteiger partial charge in [-0.3, -0.25) is 4.98 Å². The van der Waals surface area contributed by atoms with Crippen molar-refractivity contribution in [3.8, 4) is 0 Å². The highest BCUT2D eigenvalue weighted by Crippen LogP contribution is 2.33. The number of nitrogens with two attached hydrogens (primary N) is 1. The maximum Gasteiger partial charge on any atom is 0.0743 e. The molecule has 0 bridgehead atoms. The van der Waals surface area contributed by atoms with Crippen LogP contribution < -0.4 is 11.1 Å². The van der Waals surface area contributed by atoms with Crippen molar-refractivity contribution in [3.63, 3.8) is 0 Å². The molecule has 0 unspecified atom stereocenters. The lowest BCUT2D eigenvalue weighted by Gasteiger charge is -2.11. The van der Waals surface area contributed by atoms with Gasteiger partial charge in [0.2, 0.25) is 0 Å². The summed E-state index contributed by atoms with van der Waals surface area (Å²) in [6.45, 7) is 1.00. The second-order valence-corrected chi connectivity index (χ2v) is 4.76. The minimum atomic E-state index is 0.736. The second kappa shape index (κ2) is 4.24. The Morgan fingerprint density at radius 3 is 2.94 bits per heavy atom. The fraction of sp³-hybridized carbons (Fsp3) is 0.357. The van der Waals surface area contributed by atoms with Crippen LogP contribution in [0.2, 0.25) is 0 Å². The van der Waals surface area contributed by atoms with Crippen molar-refractivity contribution in [1.82, 2.24) is 4.98 Å². The zero-order valence-electron chi connectivity index (χ0n) is 9.82. The van der Waals surface area contributed by atoms with E-state index in [0.29, 0.717) is 0 Å². The average molecular weight is 227 g/mol. The minimum absolute atomic E-state index is 0.736. The van der Waals surface area contributed by atoms with Gasteiger partial charge in [-0.2, -0.15) is 0 Å². The van der Waals surface area contributed by atoms with E-state index in [9.17, 15) is 0 Å². The highest BCUT2D eigenvalue weighted by Gasteiger charge is 2.20. The maximum absolute atomic E-state index is 5.99. The number of rotatable bonds is 4. The molecule has 3 nitrogen and oxygen atoms in total. The molecule has 1 aliphatic carbocycles. The van der Waals surface area contributed by atoms with Crippen molar-refractivity contribution in [2.45, 2.75) is 19.3 Å². The zero-order chi connectivity index (χ0) is 11.7. The second-order valence-electron chi connectivity index (χ2n) is 4.76. The third-order valence-corrected chi connectivity index (χ3v) is 3.36. The molecule has 1 aromatic carbocycles. The first-order valence-electron chi connectivity index (χ1n) is 6.21. The Labute approximate surface area is 101 Å². The molecule has 0 spiro atoms. The highest BCUT2D eigenvalue weighted by molar-refractivity contribution is 5.96. The number of fused-ring (bicyclic) bond motifs is 1. The van der Waals surface area contributed by atoms with Gasteiger partial charge in [-0.1, -0.05) is 31.0 Å². The van der Waals surface area contributed by atoms with Crippen LogP contribution in [0.5, 0.6) is 0 Å². The van der Waals surface area contributed by atoms with E-state index in [-0.39, 0.29) is 0 Å². The van der Waals surface area contributed by atoms with Gasteiger partial charge in [0, 0.05) is 11.9 Å². The molecule has 0 atom stereocenters. The number of anilines is 2. The summed E-state index contributed by atoms with van der Waals surface area (Å²) in [4.78, 5) is 4.33. The number of nitrogens with zero attached hydrogens (tertiary/aromatic N) is 1. The van der Waals surface area contributed by atoms with Gasteiger partial charge in [-0.25, -0.2) is 0 Å². The minimum Gasteiger partial charge on any atom is -0.396 e. The standard InChI is InChI=1S/C14H17N3/c15-12-9-17-13-4-2-1-3-11(13)14(12)16-8-7-10-5-6-10/h1-4,9-10H,5-8,15H2,(H,16,17). The van der Waals surface area contributed by atoms with Crippen LogP contribution in [0.4, 0.5) is 11.4 Å². The summed E-state index contributed by atoms with van der Waals surface area (Å²) in [5.74, 6) is 0.942. The Hall–Kier alpha value is -1.77. The summed E-state index contributed by atoms with van der Waals surface area (Å²) >= 11 is 0. The van der Waals surface area contributed by atoms with Crippen LogP contribution in [-0.4, -0.2) is 11.5 Å². The van der Waals surface area contributed by atoms with Crippen LogP contribution >= 0.6 is 0 Å². The number of benzene rings is 1. The predicted octanol–water partition coefficient (Wildman–Crippen LogP) is 3.03. The van der Waals surface area contributed by atoms with Crippen LogP contribution in [0.15, 0.2) is 30.5 Å². The van der Waals surface area contributed by atoms with E-state index < -0.39 is 0 Å². The van der Waals surface area contributed by atoms with Gasteiger partial charge in [-0.05, 0) is 18.4 Å². The molecular formula is C14H17N3. The fourth-order valence-electron chi connectivity index (χ4n) is 2.16. The first-order chi connectivity index (χ1) is 8.34. The Morgan fingerprint density at radius 2 is 2.12 bits per heavy atom. The number of hydrogen-bond donors (Lipinski definition) is 2. The molecule has 17 heavy (non-hydrogen) atoms. The Kier molecular flexibility index (Phi) is 2.59. The monoisotopic (exact) mass is 227 g/mol. The quantitative estimate of drug-likeness (QED) is 0.844. The van der Waals surface area contributed by atoms with Crippen LogP contribution in [0.1, 0.15) is 19.3 Å². The summed E-state index contributed by atoms with van der Waals surface area (Å²) in [6.07, 6.45) is 5.78. The Bertz CT molecular complexity index is 532. The molecule has 2 aromatic rings. The van der Waals surface area contributed by atoms with E-state index in [4.69, 9.17) is 5.73 Å². The van der Waals surface area contributed by atoms with E-state index in [1.807, 2.05) is 18.2 Å². The summed E-state index contributed by atoms with van der Waals surface area (Å²) in [5.41, 5.74) is 8.76. The van der Waals surface area contributed by atoms with Gasteiger partial charge < -0.3 is 11.1 Å². The maximum atomic E-state index is 5.99. The number of hydrogen-bond acceptors (Lipinski definition) is 3. The molecule has 1 saturated carbocycles. The molecule has 3 heteroatoms. The molecule has 1 aliphatic rings. The van der Waals surface area contributed by atoms with E-state index in [0.717, 1.165) is 34.7 Å². The molecule has 0 saturated heterocycles. The first kappa shape index (κ1) is 10.4. The number of nitrogen functional groups attached to an aromatic ring is 1. The van der Waals surface area contributed by atoms with Gasteiger partial charge in [0.25, 0.3) is 0 Å². The smallest absolute Gasteiger partial charge is 0.0743 e. The molecular weight excluding hydrogens is 210 g/mol. The van der Waals surface area contributed by atoms with Crippen LogP contribution in [0, 0.1) is 5.92 Å². The van der Waals surface area contributed by atoms with Gasteiger partial charge in [0.05, 0.1) is 23.1 Å². The van der Waals surface area contributed by atoms with Crippen molar-refractivity contribution >= 4 is 22.3 Å². The number of nitrogens with one attached hydrogen (secondary N) is 1. The summed E-state index contributed by atoms with van der Waals surface area (Å²) in [7, 11) is 0. The van der Waals surface area contributed by atoms with Gasteiger partial charge in [0.15, 0.2) is 0 Å². The first-order valence-corrected chi connectivity index (χ1v) is 6.21. The lowest BCUT2D eigenvalue weighted by molar-refractivity contribution is 0.761. The third kappa shape index (κ3) is 2.18. The third-order valence-electron chi connectivity index (χ3n) is 3.36. The number of aromatic nitrogens is 1. The lowest BCUT2D eigenvalue weighted by Crippen LogP contribution is -2.06. The highest BCUT2D eigenvalue weighted by atomic mass is 14.9. The van der Waals surface area contributed by atoms with E-state index in [1.54, 1.807) is 6.20 Å². The van der Waals surface area contributed by atoms with Crippen molar-refractivity contribution < 1.29 is 0 Å². The molecule has 0 aliphatic heterocycles. The SMILES string of the molecule is Nc1cnc2ccccc2c1NCCC1CC1. The number of para-hydroxylation sites is 1. The van der Waals surface area contributed by atoms with Crippen molar-refractivity contribution in [2.24, 2.45) is 5.92 Å². The molecule has 3 rings (SSSR count). The summed E-state index contributed by atoms with van der Waals surface area (Å²) in [6, 6.07) is 8.11. The average Bonchev–Trinajstić information content (AvgIpc) is 3.16. The van der Waals surface area contributed by atoms with Crippen LogP contribution in [0.25, 0.3) is 10.9 Å². The molecule has 3 N–H and O–H groups in total. The van der Waals surface area contributed by atoms with Gasteiger partial charge in [-0.15, -0.1) is 0 Å². The van der Waals surface area contributed by atoms with Gasteiger partial charge >= 0.3 is 0 Å². The topological polar surface area (TPSA) is 50.9 Å². The van der Waals surface area contributed by atoms with Crippen molar-refractivity contribution in [1.29, 1.82) is 0 Å². The predicted molar refractivity (Wildman–Crippen MR) is 72.0 cm³/mol. The van der Waals surface area contributed by atoms with Crippen LogP contribution in [-0.2, 0) is 0 Å². The van der Waals surface area contributed by atoms with E-state index in [2.05, 4.69) is 16.4 Å². The summed E-state index contributed by atoms with van der Waals surface area (Å²) in [5, 5.41) is 4.58. The molecule has 1 heterocycles. The lowest BCUT2D eigenvalue weighted by atomic mass is 10.1. The Balaban J connectivity index is 1.86. The largest absolute Gasteiger partial charge is 0.396 e.